The molecule has 5 heteroatoms. The maximum atomic E-state index is 10.9. The van der Waals surface area contributed by atoms with Crippen molar-refractivity contribution >= 4 is 11.9 Å². The Kier molecular flexibility index (Phi) is 3.25. The fourth-order valence-electron chi connectivity index (χ4n) is 1.70. The number of hydrogen-bond acceptors (Lipinski definition) is 4. The molecule has 2 N–H and O–H groups in total. The Morgan fingerprint density at radius 1 is 1.23 bits per heavy atom. The molecule has 0 aliphatic heterocycles. The van der Waals surface area contributed by atoms with E-state index in [4.69, 9.17) is 10.4 Å². The molecule has 0 spiro atoms. The summed E-state index contributed by atoms with van der Waals surface area (Å²) < 4.78 is 0. The van der Waals surface area contributed by atoms with Crippen molar-refractivity contribution in [3.8, 4) is 0 Å². The van der Waals surface area contributed by atoms with Crippen LogP contribution in [0.5, 0.6) is 0 Å². The van der Waals surface area contributed by atoms with Gasteiger partial charge in [0.15, 0.2) is 0 Å². The highest BCUT2D eigenvalue weighted by atomic mass is 17.1. The predicted octanol–water partition coefficient (Wildman–Crippen LogP) is 0.894. The third-order valence-electron chi connectivity index (χ3n) is 2.45. The van der Waals surface area contributed by atoms with Gasteiger partial charge >= 0.3 is 11.9 Å². The molecule has 1 fully saturated rings. The van der Waals surface area contributed by atoms with Gasteiger partial charge in [-0.25, -0.2) is 4.79 Å². The zero-order chi connectivity index (χ0) is 9.84. The van der Waals surface area contributed by atoms with Crippen LogP contribution in [0.4, 0.5) is 0 Å². The van der Waals surface area contributed by atoms with Gasteiger partial charge in [-0.2, -0.15) is 5.26 Å². The summed E-state index contributed by atoms with van der Waals surface area (Å²) in [4.78, 5) is 25.1. The van der Waals surface area contributed by atoms with Crippen molar-refractivity contribution in [2.75, 3.05) is 0 Å². The first-order valence-electron chi connectivity index (χ1n) is 4.23. The van der Waals surface area contributed by atoms with Crippen LogP contribution in [0.15, 0.2) is 0 Å². The van der Waals surface area contributed by atoms with E-state index in [1.807, 2.05) is 0 Å². The van der Waals surface area contributed by atoms with E-state index >= 15 is 0 Å². The summed E-state index contributed by atoms with van der Waals surface area (Å²) in [6, 6.07) is 0. The van der Waals surface area contributed by atoms with Gasteiger partial charge in [-0.05, 0) is 19.3 Å². The van der Waals surface area contributed by atoms with E-state index in [0.717, 1.165) is 0 Å². The zero-order valence-electron chi connectivity index (χ0n) is 7.10. The molecule has 74 valence electrons. The first-order valence-corrected chi connectivity index (χ1v) is 4.23. The highest BCUT2D eigenvalue weighted by Gasteiger charge is 2.32. The lowest BCUT2D eigenvalue weighted by Crippen LogP contribution is -2.28. The SMILES string of the molecule is O=C(O)C1CCCC(C(=O)OO)C1. The molecule has 1 aliphatic carbocycles. The second-order valence-electron chi connectivity index (χ2n) is 3.31. The number of rotatable bonds is 2. The summed E-state index contributed by atoms with van der Waals surface area (Å²) in [7, 11) is 0. The fourth-order valence-corrected chi connectivity index (χ4v) is 1.70. The number of aliphatic carboxylic acids is 1. The molecular weight excluding hydrogens is 176 g/mol. The second kappa shape index (κ2) is 4.23. The van der Waals surface area contributed by atoms with Gasteiger partial charge in [0, 0.05) is 0 Å². The van der Waals surface area contributed by atoms with Crippen LogP contribution in [0.25, 0.3) is 0 Å². The summed E-state index contributed by atoms with van der Waals surface area (Å²) in [6.45, 7) is 0. The summed E-state index contributed by atoms with van der Waals surface area (Å²) in [5, 5.41) is 16.8. The monoisotopic (exact) mass is 188 g/mol. The predicted molar refractivity (Wildman–Crippen MR) is 41.8 cm³/mol. The average molecular weight is 188 g/mol. The van der Waals surface area contributed by atoms with Gasteiger partial charge < -0.3 is 9.99 Å². The summed E-state index contributed by atoms with van der Waals surface area (Å²) in [5.74, 6) is -2.53. The third kappa shape index (κ3) is 2.42. The topological polar surface area (TPSA) is 83.8 Å². The van der Waals surface area contributed by atoms with E-state index in [-0.39, 0.29) is 6.42 Å². The minimum absolute atomic E-state index is 0.273. The largest absolute Gasteiger partial charge is 0.481 e. The van der Waals surface area contributed by atoms with Crippen LogP contribution in [-0.4, -0.2) is 22.3 Å². The second-order valence-corrected chi connectivity index (χ2v) is 3.31. The molecule has 13 heavy (non-hydrogen) atoms. The Morgan fingerprint density at radius 3 is 2.38 bits per heavy atom. The van der Waals surface area contributed by atoms with Crippen LogP contribution in [-0.2, 0) is 14.5 Å². The Bertz CT molecular complexity index is 213. The molecule has 1 aliphatic rings. The summed E-state index contributed by atoms with van der Waals surface area (Å²) >= 11 is 0. The van der Waals surface area contributed by atoms with Gasteiger partial charge in [0.2, 0.25) is 0 Å². The van der Waals surface area contributed by atoms with Crippen molar-refractivity contribution in [1.29, 1.82) is 0 Å². The van der Waals surface area contributed by atoms with Crippen molar-refractivity contribution in [1.82, 2.24) is 0 Å². The molecule has 0 aromatic heterocycles. The molecule has 0 saturated heterocycles. The van der Waals surface area contributed by atoms with E-state index in [1.54, 1.807) is 0 Å². The van der Waals surface area contributed by atoms with Gasteiger partial charge in [0.05, 0.1) is 11.8 Å². The number of carbonyl (C=O) groups is 2. The number of carboxylic acids is 1. The van der Waals surface area contributed by atoms with Crippen LogP contribution in [0.1, 0.15) is 25.7 Å². The molecule has 0 bridgehead atoms. The van der Waals surface area contributed by atoms with E-state index in [9.17, 15) is 9.59 Å². The molecule has 0 aromatic rings. The number of hydrogen-bond donors (Lipinski definition) is 2. The Morgan fingerprint density at radius 2 is 1.85 bits per heavy atom. The van der Waals surface area contributed by atoms with Crippen molar-refractivity contribution in [2.45, 2.75) is 25.7 Å². The van der Waals surface area contributed by atoms with E-state index in [0.29, 0.717) is 19.3 Å². The lowest BCUT2D eigenvalue weighted by molar-refractivity contribution is -0.240. The molecule has 0 heterocycles. The molecule has 0 radical (unpaired) electrons. The lowest BCUT2D eigenvalue weighted by atomic mass is 9.81. The fraction of sp³-hybridized carbons (Fsp3) is 0.750. The first-order chi connectivity index (χ1) is 6.15. The molecule has 5 nitrogen and oxygen atoms in total. The molecule has 1 saturated carbocycles. The van der Waals surface area contributed by atoms with Gasteiger partial charge in [-0.1, -0.05) is 6.42 Å². The quantitative estimate of drug-likeness (QED) is 0.496. The normalized spacial score (nSPS) is 28.1. The molecule has 2 atom stereocenters. The molecule has 2 unspecified atom stereocenters. The lowest BCUT2D eigenvalue weighted by Gasteiger charge is -2.23. The van der Waals surface area contributed by atoms with Crippen LogP contribution >= 0.6 is 0 Å². The minimum Gasteiger partial charge on any atom is -0.481 e. The molecular formula is C8H12O5. The van der Waals surface area contributed by atoms with Crippen molar-refractivity contribution < 1.29 is 24.8 Å². The minimum atomic E-state index is -0.879. The number of carboxylic acid groups (broad SMARTS) is 1. The van der Waals surface area contributed by atoms with E-state index in [2.05, 4.69) is 4.89 Å². The van der Waals surface area contributed by atoms with Gasteiger partial charge in [0.25, 0.3) is 0 Å². The van der Waals surface area contributed by atoms with Crippen molar-refractivity contribution in [3.63, 3.8) is 0 Å². The van der Waals surface area contributed by atoms with Gasteiger partial charge in [-0.3, -0.25) is 4.79 Å². The maximum Gasteiger partial charge on any atom is 0.345 e. The third-order valence-corrected chi connectivity index (χ3v) is 2.45. The average Bonchev–Trinajstić information content (AvgIpc) is 2.17. The van der Waals surface area contributed by atoms with Crippen LogP contribution in [0, 0.1) is 11.8 Å². The first kappa shape index (κ1) is 9.98. The molecule has 1 rings (SSSR count). The highest BCUT2D eigenvalue weighted by molar-refractivity contribution is 5.75. The van der Waals surface area contributed by atoms with Gasteiger partial charge in [0.1, 0.15) is 0 Å². The molecule has 0 amide bonds. The summed E-state index contributed by atoms with van der Waals surface area (Å²) in [5.41, 5.74) is 0. The zero-order valence-corrected chi connectivity index (χ0v) is 7.10. The van der Waals surface area contributed by atoms with Crippen molar-refractivity contribution in [2.24, 2.45) is 11.8 Å². The Labute approximate surface area is 75.2 Å². The highest BCUT2D eigenvalue weighted by Crippen LogP contribution is 2.29. The smallest absolute Gasteiger partial charge is 0.345 e. The van der Waals surface area contributed by atoms with Crippen LogP contribution in [0.3, 0.4) is 0 Å². The standard InChI is InChI=1S/C8H12O5/c9-7(10)5-2-1-3-6(4-5)8(11)13-12/h5-6,12H,1-4H2,(H,9,10). The number of carbonyl (C=O) groups excluding carboxylic acids is 1. The molecule has 0 aromatic carbocycles. The van der Waals surface area contributed by atoms with Crippen molar-refractivity contribution in [3.05, 3.63) is 0 Å². The summed E-state index contributed by atoms with van der Waals surface area (Å²) in [6.07, 6.45) is 2.17. The van der Waals surface area contributed by atoms with Crippen LogP contribution in [0.2, 0.25) is 0 Å². The Hall–Kier alpha value is -1.10. The van der Waals surface area contributed by atoms with Gasteiger partial charge in [-0.15, -0.1) is 0 Å². The Balaban J connectivity index is 2.51. The van der Waals surface area contributed by atoms with E-state index < -0.39 is 23.8 Å². The van der Waals surface area contributed by atoms with Crippen LogP contribution < -0.4 is 0 Å². The van der Waals surface area contributed by atoms with E-state index in [1.165, 1.54) is 0 Å². The maximum absolute atomic E-state index is 10.9.